The fraction of sp³-hybridized carbons (Fsp3) is 0.462. The van der Waals surface area contributed by atoms with E-state index in [4.69, 9.17) is 10.5 Å². The van der Waals surface area contributed by atoms with Crippen molar-refractivity contribution in [2.45, 2.75) is 39.8 Å². The molecule has 0 fully saturated rings. The van der Waals surface area contributed by atoms with Crippen LogP contribution in [0.15, 0.2) is 18.2 Å². The molecule has 3 heteroatoms. The van der Waals surface area contributed by atoms with Gasteiger partial charge in [-0.2, -0.15) is 0 Å². The number of rotatable bonds is 3. The van der Waals surface area contributed by atoms with Crippen LogP contribution in [-0.4, -0.2) is 12.1 Å². The molecule has 0 radical (unpaired) electrons. The van der Waals surface area contributed by atoms with Crippen molar-refractivity contribution in [2.24, 2.45) is 5.73 Å². The average Bonchev–Trinajstić information content (AvgIpc) is 2.15. The topological polar surface area (TPSA) is 52.3 Å². The quantitative estimate of drug-likeness (QED) is 0.796. The first-order valence-corrected chi connectivity index (χ1v) is 5.45. The van der Waals surface area contributed by atoms with Gasteiger partial charge in [0, 0.05) is 0 Å². The largest absolute Gasteiger partial charge is 0.462 e. The minimum Gasteiger partial charge on any atom is -0.462 e. The molecule has 1 unspecified atom stereocenters. The second-order valence-corrected chi connectivity index (χ2v) is 4.32. The van der Waals surface area contributed by atoms with Crippen molar-refractivity contribution >= 4 is 5.97 Å². The molecule has 3 nitrogen and oxygen atoms in total. The van der Waals surface area contributed by atoms with Gasteiger partial charge in [0.2, 0.25) is 0 Å². The first-order valence-electron chi connectivity index (χ1n) is 5.45. The van der Waals surface area contributed by atoms with E-state index in [9.17, 15) is 4.79 Å². The molecule has 0 aliphatic carbocycles. The van der Waals surface area contributed by atoms with Crippen LogP contribution in [0.4, 0.5) is 0 Å². The molecule has 1 rings (SSSR count). The average molecular weight is 221 g/mol. The molecular formula is C13H19NO2. The van der Waals surface area contributed by atoms with Crippen molar-refractivity contribution in [1.82, 2.24) is 0 Å². The number of esters is 1. The van der Waals surface area contributed by atoms with Gasteiger partial charge < -0.3 is 10.5 Å². The van der Waals surface area contributed by atoms with Gasteiger partial charge in [0.25, 0.3) is 0 Å². The molecule has 88 valence electrons. The fourth-order valence-corrected chi connectivity index (χ4v) is 1.61. The zero-order valence-corrected chi connectivity index (χ0v) is 10.3. The highest BCUT2D eigenvalue weighted by molar-refractivity contribution is 5.78. The van der Waals surface area contributed by atoms with Crippen LogP contribution in [-0.2, 0) is 9.53 Å². The monoisotopic (exact) mass is 221 g/mol. The van der Waals surface area contributed by atoms with Crippen molar-refractivity contribution in [2.75, 3.05) is 0 Å². The van der Waals surface area contributed by atoms with E-state index in [-0.39, 0.29) is 12.1 Å². The van der Waals surface area contributed by atoms with Gasteiger partial charge in [0.05, 0.1) is 6.10 Å². The number of hydrogen-bond acceptors (Lipinski definition) is 3. The Morgan fingerprint density at radius 2 is 1.94 bits per heavy atom. The third kappa shape index (κ3) is 3.07. The van der Waals surface area contributed by atoms with E-state index in [0.29, 0.717) is 0 Å². The van der Waals surface area contributed by atoms with Gasteiger partial charge in [-0.05, 0) is 38.8 Å². The first-order chi connectivity index (χ1) is 7.41. The van der Waals surface area contributed by atoms with Gasteiger partial charge in [-0.3, -0.25) is 0 Å². The van der Waals surface area contributed by atoms with Crippen LogP contribution < -0.4 is 5.73 Å². The van der Waals surface area contributed by atoms with Crippen LogP contribution in [0.3, 0.4) is 0 Å². The number of aryl methyl sites for hydroxylation is 2. The Kier molecular flexibility index (Phi) is 4.07. The third-order valence-electron chi connectivity index (χ3n) is 2.37. The first kappa shape index (κ1) is 12.7. The molecule has 1 aromatic carbocycles. The van der Waals surface area contributed by atoms with Crippen LogP contribution in [0.25, 0.3) is 0 Å². The van der Waals surface area contributed by atoms with Gasteiger partial charge >= 0.3 is 5.97 Å². The van der Waals surface area contributed by atoms with E-state index in [2.05, 4.69) is 0 Å². The molecule has 0 saturated carbocycles. The maximum atomic E-state index is 11.6. The molecule has 0 amide bonds. The van der Waals surface area contributed by atoms with Crippen LogP contribution >= 0.6 is 0 Å². The number of ether oxygens (including phenoxy) is 1. The number of hydrogen-bond donors (Lipinski definition) is 1. The Balaban J connectivity index is 2.87. The Labute approximate surface area is 96.6 Å². The molecule has 0 spiro atoms. The molecule has 1 aromatic rings. The Morgan fingerprint density at radius 3 is 2.44 bits per heavy atom. The van der Waals surface area contributed by atoms with Gasteiger partial charge in [0.15, 0.2) is 0 Å². The smallest absolute Gasteiger partial charge is 0.327 e. The Bertz CT molecular complexity index is 386. The number of carbonyl (C=O) groups excluding carboxylic acids is 1. The normalized spacial score (nSPS) is 12.6. The molecule has 0 aliphatic heterocycles. The summed E-state index contributed by atoms with van der Waals surface area (Å²) in [6, 6.07) is 5.16. The molecule has 16 heavy (non-hydrogen) atoms. The van der Waals surface area contributed by atoms with Gasteiger partial charge in [0.1, 0.15) is 6.04 Å². The lowest BCUT2D eigenvalue weighted by Crippen LogP contribution is -2.26. The van der Waals surface area contributed by atoms with E-state index in [0.717, 1.165) is 16.7 Å². The molecule has 0 aromatic heterocycles. The van der Waals surface area contributed by atoms with Gasteiger partial charge in [-0.15, -0.1) is 0 Å². The zero-order valence-electron chi connectivity index (χ0n) is 10.3. The summed E-state index contributed by atoms with van der Waals surface area (Å²) in [5.41, 5.74) is 8.87. The number of benzene rings is 1. The number of nitrogens with two attached hydrogens (primary N) is 1. The summed E-state index contributed by atoms with van der Waals surface area (Å²) in [5, 5.41) is 0. The van der Waals surface area contributed by atoms with Crippen molar-refractivity contribution in [3.63, 3.8) is 0 Å². The molecule has 0 saturated heterocycles. The van der Waals surface area contributed by atoms with Gasteiger partial charge in [-0.1, -0.05) is 23.8 Å². The lowest BCUT2D eigenvalue weighted by molar-refractivity contribution is -0.149. The maximum absolute atomic E-state index is 11.6. The highest BCUT2D eigenvalue weighted by Gasteiger charge is 2.19. The van der Waals surface area contributed by atoms with Crippen molar-refractivity contribution in [1.29, 1.82) is 0 Å². The Hall–Kier alpha value is -1.35. The fourth-order valence-electron chi connectivity index (χ4n) is 1.61. The second-order valence-electron chi connectivity index (χ2n) is 4.32. The van der Waals surface area contributed by atoms with Gasteiger partial charge in [-0.25, -0.2) is 4.79 Å². The number of carbonyl (C=O) groups is 1. The maximum Gasteiger partial charge on any atom is 0.327 e. The summed E-state index contributed by atoms with van der Waals surface area (Å²) in [6.07, 6.45) is -0.135. The predicted molar refractivity (Wildman–Crippen MR) is 64.1 cm³/mol. The van der Waals surface area contributed by atoms with E-state index in [1.807, 2.05) is 45.9 Å². The van der Waals surface area contributed by atoms with E-state index in [1.54, 1.807) is 0 Å². The summed E-state index contributed by atoms with van der Waals surface area (Å²) in [4.78, 5) is 11.6. The lowest BCUT2D eigenvalue weighted by atomic mass is 10.00. The molecule has 0 bridgehead atoms. The SMILES string of the molecule is Cc1ccc(C(N)C(=O)OC(C)C)c(C)c1. The van der Waals surface area contributed by atoms with Crippen molar-refractivity contribution < 1.29 is 9.53 Å². The van der Waals surface area contributed by atoms with E-state index in [1.165, 1.54) is 0 Å². The summed E-state index contributed by atoms with van der Waals surface area (Å²) >= 11 is 0. The lowest BCUT2D eigenvalue weighted by Gasteiger charge is -2.16. The molecule has 1 atom stereocenters. The zero-order chi connectivity index (χ0) is 12.3. The minimum absolute atomic E-state index is 0.135. The summed E-state index contributed by atoms with van der Waals surface area (Å²) < 4.78 is 5.09. The van der Waals surface area contributed by atoms with E-state index >= 15 is 0 Å². The molecular weight excluding hydrogens is 202 g/mol. The summed E-state index contributed by atoms with van der Waals surface area (Å²) in [6.45, 7) is 7.58. The van der Waals surface area contributed by atoms with Crippen molar-refractivity contribution in [3.8, 4) is 0 Å². The standard InChI is InChI=1S/C13H19NO2/c1-8(2)16-13(15)12(14)11-6-5-9(3)7-10(11)4/h5-8,12H,14H2,1-4H3. The van der Waals surface area contributed by atoms with Crippen molar-refractivity contribution in [3.05, 3.63) is 34.9 Å². The second kappa shape index (κ2) is 5.12. The van der Waals surface area contributed by atoms with Crippen LogP contribution in [0, 0.1) is 13.8 Å². The molecule has 2 N–H and O–H groups in total. The predicted octanol–water partition coefficient (Wildman–Crippen LogP) is 2.25. The third-order valence-corrected chi connectivity index (χ3v) is 2.37. The highest BCUT2D eigenvalue weighted by Crippen LogP contribution is 2.18. The summed E-state index contributed by atoms with van der Waals surface area (Å²) in [7, 11) is 0. The van der Waals surface area contributed by atoms with Crippen LogP contribution in [0.2, 0.25) is 0 Å². The van der Waals surface area contributed by atoms with E-state index < -0.39 is 6.04 Å². The molecule has 0 aliphatic rings. The van der Waals surface area contributed by atoms with Crippen LogP contribution in [0.5, 0.6) is 0 Å². The van der Waals surface area contributed by atoms with Crippen LogP contribution in [0.1, 0.15) is 36.6 Å². The molecule has 0 heterocycles. The Morgan fingerprint density at radius 1 is 1.31 bits per heavy atom. The highest BCUT2D eigenvalue weighted by atomic mass is 16.5. The minimum atomic E-state index is -0.692. The summed E-state index contributed by atoms with van der Waals surface area (Å²) in [5.74, 6) is -0.373.